The summed E-state index contributed by atoms with van der Waals surface area (Å²) < 4.78 is 7.28. The van der Waals surface area contributed by atoms with E-state index in [1.54, 1.807) is 7.11 Å². The summed E-state index contributed by atoms with van der Waals surface area (Å²) in [6.45, 7) is 3.86. The van der Waals surface area contributed by atoms with E-state index in [-0.39, 0.29) is 5.56 Å². The number of ether oxygens (including phenoxy) is 1. The number of piperazine rings is 1. The molecule has 5 rings (SSSR count). The summed E-state index contributed by atoms with van der Waals surface area (Å²) in [5.74, 6) is 2.91. The van der Waals surface area contributed by atoms with Crippen molar-refractivity contribution in [3.8, 4) is 17.1 Å². The summed E-state index contributed by atoms with van der Waals surface area (Å²) in [4.78, 5) is 38.8. The number of hydrogen-bond acceptors (Lipinski definition) is 10. The molecule has 1 fully saturated rings. The Hall–Kier alpha value is -4.32. The number of methoxy groups -OCH3 is 1. The first-order valence-corrected chi connectivity index (χ1v) is 11.6. The van der Waals surface area contributed by atoms with E-state index in [2.05, 4.69) is 20.2 Å². The first-order chi connectivity index (χ1) is 17.4. The normalized spacial score (nSPS) is 13.7. The van der Waals surface area contributed by atoms with Gasteiger partial charge >= 0.3 is 0 Å². The van der Waals surface area contributed by atoms with E-state index in [1.165, 1.54) is 12.4 Å². The van der Waals surface area contributed by atoms with Gasteiger partial charge in [0.05, 0.1) is 19.2 Å². The van der Waals surface area contributed by atoms with E-state index in [9.17, 15) is 4.79 Å². The number of carbonyl (C=O) groups is 1. The lowest BCUT2D eigenvalue weighted by Gasteiger charge is -2.28. The zero-order chi connectivity index (χ0) is 25.2. The number of amides is 1. The van der Waals surface area contributed by atoms with Gasteiger partial charge in [0.25, 0.3) is 5.91 Å². The average Bonchev–Trinajstić information content (AvgIpc) is 3.23. The molecule has 12 nitrogen and oxygen atoms in total. The smallest absolute Gasteiger partial charge is 0.251 e. The van der Waals surface area contributed by atoms with Crippen molar-refractivity contribution in [2.24, 2.45) is 12.8 Å². The molecule has 36 heavy (non-hydrogen) atoms. The number of aryl methyl sites for hydroxylation is 1. The van der Waals surface area contributed by atoms with Gasteiger partial charge in [-0.25, -0.2) is 24.9 Å². The molecular formula is C24H28N10O2. The minimum Gasteiger partial charge on any atom is -0.497 e. The predicted molar refractivity (Wildman–Crippen MR) is 136 cm³/mol. The largest absolute Gasteiger partial charge is 0.497 e. The molecule has 0 spiro atoms. The van der Waals surface area contributed by atoms with Crippen molar-refractivity contribution >= 4 is 28.8 Å². The molecule has 186 valence electrons. The molecule has 3 N–H and O–H groups in total. The van der Waals surface area contributed by atoms with Crippen LogP contribution in [-0.2, 0) is 13.6 Å². The third-order valence-corrected chi connectivity index (χ3v) is 6.20. The Balaban J connectivity index is 1.54. The predicted octanol–water partition coefficient (Wildman–Crippen LogP) is 0.974. The van der Waals surface area contributed by atoms with Crippen LogP contribution in [0.5, 0.6) is 5.75 Å². The van der Waals surface area contributed by atoms with Crippen LogP contribution in [0.2, 0.25) is 0 Å². The highest BCUT2D eigenvalue weighted by molar-refractivity contribution is 5.92. The van der Waals surface area contributed by atoms with E-state index in [0.29, 0.717) is 18.3 Å². The van der Waals surface area contributed by atoms with Gasteiger partial charge in [-0.3, -0.25) is 4.79 Å². The fraction of sp³-hybridized carbons (Fsp3) is 0.333. The lowest BCUT2D eigenvalue weighted by atomic mass is 10.2. The van der Waals surface area contributed by atoms with Crippen LogP contribution >= 0.6 is 0 Å². The Morgan fingerprint density at radius 1 is 1.11 bits per heavy atom. The van der Waals surface area contributed by atoms with Crippen LogP contribution in [0, 0.1) is 0 Å². The molecule has 3 aromatic heterocycles. The highest BCUT2D eigenvalue weighted by Gasteiger charge is 2.23. The van der Waals surface area contributed by atoms with Crippen molar-refractivity contribution in [2.45, 2.75) is 6.54 Å². The van der Waals surface area contributed by atoms with E-state index in [1.807, 2.05) is 47.8 Å². The van der Waals surface area contributed by atoms with Crippen LogP contribution in [0.25, 0.3) is 22.6 Å². The Kier molecular flexibility index (Phi) is 6.34. The van der Waals surface area contributed by atoms with Gasteiger partial charge in [-0.15, -0.1) is 0 Å². The molecule has 0 unspecified atom stereocenters. The van der Waals surface area contributed by atoms with Crippen LogP contribution in [0.3, 0.4) is 0 Å². The molecular weight excluding hydrogens is 460 g/mol. The number of hydrogen-bond donors (Lipinski definition) is 2. The van der Waals surface area contributed by atoms with E-state index in [0.717, 1.165) is 60.3 Å². The Labute approximate surface area is 208 Å². The summed E-state index contributed by atoms with van der Waals surface area (Å²) in [5.41, 5.74) is 7.96. The summed E-state index contributed by atoms with van der Waals surface area (Å²) in [6.07, 6.45) is 2.84. The number of primary amides is 1. The highest BCUT2D eigenvalue weighted by atomic mass is 16.5. The zero-order valence-corrected chi connectivity index (χ0v) is 20.5. The van der Waals surface area contributed by atoms with Crippen LogP contribution in [0.4, 0.5) is 11.8 Å². The number of anilines is 2. The molecule has 1 amide bonds. The van der Waals surface area contributed by atoms with E-state index < -0.39 is 5.91 Å². The van der Waals surface area contributed by atoms with Crippen molar-refractivity contribution in [1.82, 2.24) is 34.8 Å². The second kappa shape index (κ2) is 9.74. The maximum absolute atomic E-state index is 11.3. The lowest BCUT2D eigenvalue weighted by molar-refractivity contribution is 0.0999. The van der Waals surface area contributed by atoms with Crippen molar-refractivity contribution < 1.29 is 9.53 Å². The SMILES string of the molecule is COc1ccc(-c2nc(N3CCNCC3)c3nc(CN(C)c4ncc(C(N)=O)cn4)n(C)c3n2)cc1. The molecule has 1 saturated heterocycles. The van der Waals surface area contributed by atoms with Crippen molar-refractivity contribution in [2.75, 3.05) is 50.1 Å². The van der Waals surface area contributed by atoms with Crippen LogP contribution in [-0.4, -0.2) is 75.7 Å². The topological polar surface area (TPSA) is 140 Å². The zero-order valence-electron chi connectivity index (χ0n) is 20.5. The summed E-state index contributed by atoms with van der Waals surface area (Å²) in [7, 11) is 5.46. The molecule has 1 aromatic carbocycles. The van der Waals surface area contributed by atoms with Gasteiger partial charge in [0, 0.05) is 58.2 Å². The molecule has 4 aromatic rings. The van der Waals surface area contributed by atoms with Gasteiger partial charge in [0.15, 0.2) is 22.8 Å². The first kappa shape index (κ1) is 23.4. The minimum atomic E-state index is -0.564. The Morgan fingerprint density at radius 2 is 1.81 bits per heavy atom. The van der Waals surface area contributed by atoms with Crippen molar-refractivity contribution in [1.29, 1.82) is 0 Å². The van der Waals surface area contributed by atoms with Gasteiger partial charge in [-0.05, 0) is 24.3 Å². The number of nitrogens with two attached hydrogens (primary N) is 1. The average molecular weight is 489 g/mol. The Morgan fingerprint density at radius 3 is 2.44 bits per heavy atom. The van der Waals surface area contributed by atoms with Crippen LogP contribution < -0.4 is 25.6 Å². The van der Waals surface area contributed by atoms with Gasteiger partial charge in [0.1, 0.15) is 11.6 Å². The molecule has 0 saturated carbocycles. The third-order valence-electron chi connectivity index (χ3n) is 6.20. The highest BCUT2D eigenvalue weighted by Crippen LogP contribution is 2.29. The van der Waals surface area contributed by atoms with Gasteiger partial charge in [-0.1, -0.05) is 0 Å². The fourth-order valence-electron chi connectivity index (χ4n) is 4.13. The number of nitrogens with zero attached hydrogens (tertiary/aromatic N) is 8. The first-order valence-electron chi connectivity index (χ1n) is 11.6. The lowest BCUT2D eigenvalue weighted by Crippen LogP contribution is -2.44. The summed E-state index contributed by atoms with van der Waals surface area (Å²) in [6, 6.07) is 7.72. The maximum Gasteiger partial charge on any atom is 0.251 e. The molecule has 0 atom stereocenters. The van der Waals surface area contributed by atoms with E-state index >= 15 is 0 Å². The number of nitrogens with one attached hydrogen (secondary N) is 1. The molecule has 0 radical (unpaired) electrons. The van der Waals surface area contributed by atoms with Gasteiger partial charge in [0.2, 0.25) is 5.95 Å². The maximum atomic E-state index is 11.3. The van der Waals surface area contributed by atoms with Crippen LogP contribution in [0.1, 0.15) is 16.2 Å². The number of aromatic nitrogens is 6. The van der Waals surface area contributed by atoms with Crippen molar-refractivity contribution in [3.63, 3.8) is 0 Å². The number of benzene rings is 1. The summed E-state index contributed by atoms with van der Waals surface area (Å²) in [5, 5.41) is 3.39. The fourth-order valence-corrected chi connectivity index (χ4v) is 4.13. The number of rotatable bonds is 7. The van der Waals surface area contributed by atoms with Gasteiger partial charge < -0.3 is 30.2 Å². The van der Waals surface area contributed by atoms with Crippen molar-refractivity contribution in [3.05, 3.63) is 48.0 Å². The number of imidazole rings is 1. The van der Waals surface area contributed by atoms with Gasteiger partial charge in [-0.2, -0.15) is 0 Å². The second-order valence-corrected chi connectivity index (χ2v) is 8.59. The number of carbonyl (C=O) groups excluding carboxylic acids is 1. The molecule has 1 aliphatic rings. The molecule has 4 heterocycles. The molecule has 1 aliphatic heterocycles. The quantitative estimate of drug-likeness (QED) is 0.387. The third kappa shape index (κ3) is 4.50. The minimum absolute atomic E-state index is 0.261. The van der Waals surface area contributed by atoms with Crippen LogP contribution in [0.15, 0.2) is 36.7 Å². The number of fused-ring (bicyclic) bond motifs is 1. The molecule has 0 bridgehead atoms. The summed E-state index contributed by atoms with van der Waals surface area (Å²) >= 11 is 0. The standard InChI is InChI=1S/C24H28N10O2/c1-32(24-27-12-16(13-28-24)20(25)35)14-18-29-19-22(33(18)2)30-21(15-4-6-17(36-3)7-5-15)31-23(19)34-10-8-26-9-11-34/h4-7,12-13,26H,8-11,14H2,1-3H3,(H2,25,35). The van der Waals surface area contributed by atoms with E-state index in [4.69, 9.17) is 25.4 Å². The monoisotopic (exact) mass is 488 g/mol. The molecule has 0 aliphatic carbocycles. The second-order valence-electron chi connectivity index (χ2n) is 8.59. The Bertz CT molecular complexity index is 1380. The molecule has 12 heteroatoms.